The maximum absolute atomic E-state index is 14.1. The molecule has 0 aliphatic carbocycles. The molecule has 1 atom stereocenters. The quantitative estimate of drug-likeness (QED) is 0.715. The number of likely N-dealkylation sites (tertiary alicyclic amines) is 1. The van der Waals surface area contributed by atoms with Gasteiger partial charge in [0.15, 0.2) is 0 Å². The number of aromatic nitrogens is 3. The summed E-state index contributed by atoms with van der Waals surface area (Å²) in [4.78, 5) is 27.7. The number of hydrogen-bond acceptors (Lipinski definition) is 5. The number of nitrogens with two attached hydrogens (primary N) is 1. The SMILES string of the molecule is Cc1cnc(C2CCN(C(=O)Cc3nc(-c4ccc(F)cc4F)ccc3N)C2)nc1. The zero-order valence-electron chi connectivity index (χ0n) is 16.5. The van der Waals surface area contributed by atoms with E-state index in [1.54, 1.807) is 29.4 Å². The fourth-order valence-corrected chi connectivity index (χ4v) is 3.57. The number of amides is 1. The van der Waals surface area contributed by atoms with Gasteiger partial charge in [-0.15, -0.1) is 0 Å². The smallest absolute Gasteiger partial charge is 0.228 e. The Bertz CT molecular complexity index is 1090. The van der Waals surface area contributed by atoms with Crippen molar-refractivity contribution in [2.75, 3.05) is 18.8 Å². The summed E-state index contributed by atoms with van der Waals surface area (Å²) in [7, 11) is 0. The lowest BCUT2D eigenvalue weighted by Gasteiger charge is -2.17. The minimum Gasteiger partial charge on any atom is -0.397 e. The highest BCUT2D eigenvalue weighted by Gasteiger charge is 2.29. The van der Waals surface area contributed by atoms with Gasteiger partial charge in [-0.1, -0.05) is 0 Å². The monoisotopic (exact) mass is 409 g/mol. The van der Waals surface area contributed by atoms with E-state index in [0.717, 1.165) is 23.9 Å². The molecule has 1 aliphatic heterocycles. The molecule has 0 bridgehead atoms. The van der Waals surface area contributed by atoms with E-state index in [1.807, 2.05) is 6.92 Å². The molecule has 1 saturated heterocycles. The van der Waals surface area contributed by atoms with Crippen LogP contribution in [-0.4, -0.2) is 38.8 Å². The first-order chi connectivity index (χ1) is 14.4. The number of nitrogens with zero attached hydrogens (tertiary/aromatic N) is 4. The summed E-state index contributed by atoms with van der Waals surface area (Å²) in [6.45, 7) is 3.07. The molecule has 0 saturated carbocycles. The maximum atomic E-state index is 14.1. The first-order valence-corrected chi connectivity index (χ1v) is 9.68. The van der Waals surface area contributed by atoms with E-state index < -0.39 is 11.6 Å². The van der Waals surface area contributed by atoms with Crippen LogP contribution in [0, 0.1) is 18.6 Å². The lowest BCUT2D eigenvalue weighted by Crippen LogP contribution is -2.30. The molecule has 154 valence electrons. The van der Waals surface area contributed by atoms with Crippen LogP contribution in [0.5, 0.6) is 0 Å². The van der Waals surface area contributed by atoms with E-state index in [2.05, 4.69) is 15.0 Å². The van der Waals surface area contributed by atoms with Gasteiger partial charge in [-0.25, -0.2) is 18.7 Å². The lowest BCUT2D eigenvalue weighted by molar-refractivity contribution is -0.129. The van der Waals surface area contributed by atoms with Crippen molar-refractivity contribution in [3.63, 3.8) is 0 Å². The van der Waals surface area contributed by atoms with Crippen molar-refractivity contribution in [3.05, 3.63) is 71.4 Å². The standard InChI is InChI=1S/C22H21F2N5O/c1-13-10-26-22(27-11-13)14-6-7-29(12-14)21(30)9-20-18(25)4-5-19(28-20)16-3-2-15(23)8-17(16)24/h2-5,8,10-11,14H,6-7,9,12,25H2,1H3. The topological polar surface area (TPSA) is 85.0 Å². The van der Waals surface area contributed by atoms with Crippen molar-refractivity contribution >= 4 is 11.6 Å². The van der Waals surface area contributed by atoms with Crippen molar-refractivity contribution in [1.29, 1.82) is 0 Å². The largest absolute Gasteiger partial charge is 0.397 e. The minimum absolute atomic E-state index is 0.00393. The van der Waals surface area contributed by atoms with Gasteiger partial charge < -0.3 is 10.6 Å². The third-order valence-corrected chi connectivity index (χ3v) is 5.24. The molecule has 3 heterocycles. The van der Waals surface area contributed by atoms with Crippen LogP contribution in [-0.2, 0) is 11.2 Å². The number of carbonyl (C=O) groups is 1. The number of halogens is 2. The van der Waals surface area contributed by atoms with E-state index in [-0.39, 0.29) is 23.8 Å². The summed E-state index contributed by atoms with van der Waals surface area (Å²) in [5.74, 6) is -0.657. The first-order valence-electron chi connectivity index (χ1n) is 9.68. The van der Waals surface area contributed by atoms with Crippen LogP contribution in [0.2, 0.25) is 0 Å². The summed E-state index contributed by atoms with van der Waals surface area (Å²) in [6, 6.07) is 6.43. The Hall–Kier alpha value is -3.42. The molecule has 0 radical (unpaired) electrons. The van der Waals surface area contributed by atoms with Gasteiger partial charge in [0.05, 0.1) is 23.5 Å². The summed E-state index contributed by atoms with van der Waals surface area (Å²) in [5.41, 5.74) is 8.18. The predicted octanol–water partition coefficient (Wildman–Crippen LogP) is 3.27. The molecule has 6 nitrogen and oxygen atoms in total. The number of rotatable bonds is 4. The Morgan fingerprint density at radius 2 is 1.97 bits per heavy atom. The fraction of sp³-hybridized carbons (Fsp3) is 0.273. The van der Waals surface area contributed by atoms with Gasteiger partial charge in [0.1, 0.15) is 17.5 Å². The molecule has 1 unspecified atom stereocenters. The highest BCUT2D eigenvalue weighted by molar-refractivity contribution is 5.80. The number of pyridine rings is 1. The molecule has 30 heavy (non-hydrogen) atoms. The fourth-order valence-electron chi connectivity index (χ4n) is 3.57. The highest BCUT2D eigenvalue weighted by atomic mass is 19.1. The molecule has 3 aromatic rings. The van der Waals surface area contributed by atoms with Crippen LogP contribution in [0.25, 0.3) is 11.3 Å². The number of benzene rings is 1. The van der Waals surface area contributed by atoms with E-state index in [0.29, 0.717) is 30.2 Å². The van der Waals surface area contributed by atoms with E-state index in [4.69, 9.17) is 5.73 Å². The lowest BCUT2D eigenvalue weighted by atomic mass is 10.1. The average molecular weight is 409 g/mol. The maximum Gasteiger partial charge on any atom is 0.228 e. The average Bonchev–Trinajstić information content (AvgIpc) is 3.21. The second-order valence-electron chi connectivity index (χ2n) is 7.48. The van der Waals surface area contributed by atoms with Crippen LogP contribution < -0.4 is 5.73 Å². The molecule has 1 amide bonds. The third-order valence-electron chi connectivity index (χ3n) is 5.24. The van der Waals surface area contributed by atoms with Gasteiger partial charge >= 0.3 is 0 Å². The Balaban J connectivity index is 1.49. The van der Waals surface area contributed by atoms with Gasteiger partial charge in [-0.2, -0.15) is 0 Å². The van der Waals surface area contributed by atoms with Crippen LogP contribution in [0.15, 0.2) is 42.7 Å². The number of nitrogen functional groups attached to an aromatic ring is 1. The molecular weight excluding hydrogens is 388 g/mol. The number of carbonyl (C=O) groups excluding carboxylic acids is 1. The van der Waals surface area contributed by atoms with Gasteiger partial charge in [-0.3, -0.25) is 9.78 Å². The predicted molar refractivity (Wildman–Crippen MR) is 108 cm³/mol. The van der Waals surface area contributed by atoms with Crippen molar-refractivity contribution in [1.82, 2.24) is 19.9 Å². The molecular formula is C22H21F2N5O. The Labute approximate surface area is 172 Å². The Kier molecular flexibility index (Phi) is 5.39. The summed E-state index contributed by atoms with van der Waals surface area (Å²) in [5, 5.41) is 0. The summed E-state index contributed by atoms with van der Waals surface area (Å²) in [6.07, 6.45) is 4.34. The first kappa shape index (κ1) is 19.9. The normalized spacial score (nSPS) is 16.1. The second-order valence-corrected chi connectivity index (χ2v) is 7.48. The molecule has 1 fully saturated rings. The molecule has 2 N–H and O–H groups in total. The zero-order valence-corrected chi connectivity index (χ0v) is 16.5. The van der Waals surface area contributed by atoms with Crippen molar-refractivity contribution in [2.45, 2.75) is 25.7 Å². The number of anilines is 1. The van der Waals surface area contributed by atoms with Crippen LogP contribution >= 0.6 is 0 Å². The van der Waals surface area contributed by atoms with E-state index in [9.17, 15) is 13.6 Å². The summed E-state index contributed by atoms with van der Waals surface area (Å²) < 4.78 is 27.3. The molecule has 4 rings (SSSR count). The van der Waals surface area contributed by atoms with Crippen LogP contribution in [0.1, 0.15) is 29.4 Å². The van der Waals surface area contributed by atoms with Gasteiger partial charge in [0.2, 0.25) is 5.91 Å². The zero-order chi connectivity index (χ0) is 21.3. The van der Waals surface area contributed by atoms with E-state index in [1.165, 1.54) is 12.1 Å². The van der Waals surface area contributed by atoms with Gasteiger partial charge in [0.25, 0.3) is 0 Å². The molecule has 1 aliphatic rings. The minimum atomic E-state index is -0.718. The van der Waals surface area contributed by atoms with Gasteiger partial charge in [0, 0.05) is 43.0 Å². The van der Waals surface area contributed by atoms with Crippen molar-refractivity contribution in [2.24, 2.45) is 0 Å². The van der Waals surface area contributed by atoms with E-state index >= 15 is 0 Å². The second kappa shape index (κ2) is 8.14. The van der Waals surface area contributed by atoms with Crippen LogP contribution in [0.4, 0.5) is 14.5 Å². The number of aryl methyl sites for hydroxylation is 1. The van der Waals surface area contributed by atoms with Gasteiger partial charge in [-0.05, 0) is 43.2 Å². The molecule has 0 spiro atoms. The molecule has 8 heteroatoms. The third kappa shape index (κ3) is 4.12. The molecule has 1 aromatic carbocycles. The highest BCUT2D eigenvalue weighted by Crippen LogP contribution is 2.27. The number of hydrogen-bond donors (Lipinski definition) is 1. The van der Waals surface area contributed by atoms with Crippen molar-refractivity contribution < 1.29 is 13.6 Å². The molecule has 2 aromatic heterocycles. The van der Waals surface area contributed by atoms with Crippen LogP contribution in [0.3, 0.4) is 0 Å². The van der Waals surface area contributed by atoms with Crippen molar-refractivity contribution in [3.8, 4) is 11.3 Å². The Morgan fingerprint density at radius 3 is 2.70 bits per heavy atom. The summed E-state index contributed by atoms with van der Waals surface area (Å²) >= 11 is 0. The Morgan fingerprint density at radius 1 is 1.20 bits per heavy atom.